The van der Waals surface area contributed by atoms with E-state index in [1.54, 1.807) is 12.1 Å². The van der Waals surface area contributed by atoms with Crippen LogP contribution in [0.3, 0.4) is 0 Å². The van der Waals surface area contributed by atoms with E-state index in [4.69, 9.17) is 5.73 Å². The second-order valence-corrected chi connectivity index (χ2v) is 5.63. The van der Waals surface area contributed by atoms with Crippen LogP contribution in [-0.4, -0.2) is 17.6 Å². The normalized spacial score (nSPS) is 17.4. The third kappa shape index (κ3) is 2.44. The Bertz CT molecular complexity index is 697. The molecule has 3 N–H and O–H groups in total. The van der Waals surface area contributed by atoms with Crippen molar-refractivity contribution in [1.82, 2.24) is 0 Å². The number of rotatable bonds is 2. The lowest BCUT2D eigenvalue weighted by Crippen LogP contribution is -2.31. The Morgan fingerprint density at radius 1 is 1.24 bits per heavy atom. The van der Waals surface area contributed by atoms with E-state index in [1.807, 2.05) is 18.2 Å². The molecule has 1 atom stereocenters. The van der Waals surface area contributed by atoms with E-state index in [1.165, 1.54) is 11.6 Å². The molecule has 1 aliphatic rings. The predicted molar refractivity (Wildman–Crippen MR) is 84.1 cm³/mol. The lowest BCUT2D eigenvalue weighted by atomic mass is 9.93. The molecule has 0 aliphatic carbocycles. The second kappa shape index (κ2) is 5.13. The van der Waals surface area contributed by atoms with Gasteiger partial charge < -0.3 is 15.7 Å². The zero-order valence-corrected chi connectivity index (χ0v) is 11.9. The highest BCUT2D eigenvalue weighted by atomic mass is 16.4. The van der Waals surface area contributed by atoms with Crippen LogP contribution in [0.25, 0.3) is 0 Å². The molecule has 0 amide bonds. The fourth-order valence-electron chi connectivity index (χ4n) is 2.99. The first kappa shape index (κ1) is 13.5. The Morgan fingerprint density at radius 3 is 2.76 bits per heavy atom. The van der Waals surface area contributed by atoms with Gasteiger partial charge in [0, 0.05) is 17.9 Å². The molecule has 0 saturated heterocycles. The van der Waals surface area contributed by atoms with Crippen LogP contribution in [-0.2, 0) is 6.42 Å². The molecule has 1 aliphatic heterocycles. The second-order valence-electron chi connectivity index (χ2n) is 5.63. The molecule has 21 heavy (non-hydrogen) atoms. The minimum Gasteiger partial charge on any atom is -0.478 e. The van der Waals surface area contributed by atoms with Gasteiger partial charge in [-0.3, -0.25) is 0 Å². The van der Waals surface area contributed by atoms with E-state index in [0.29, 0.717) is 17.3 Å². The van der Waals surface area contributed by atoms with E-state index in [0.717, 1.165) is 18.7 Å². The van der Waals surface area contributed by atoms with Crippen molar-refractivity contribution in [1.29, 1.82) is 0 Å². The number of para-hydroxylation sites is 1. The van der Waals surface area contributed by atoms with Gasteiger partial charge in [-0.1, -0.05) is 25.1 Å². The molecule has 2 aromatic carbocycles. The van der Waals surface area contributed by atoms with Crippen molar-refractivity contribution in [2.24, 2.45) is 5.92 Å². The van der Waals surface area contributed by atoms with Gasteiger partial charge in [0.25, 0.3) is 0 Å². The third-order valence-corrected chi connectivity index (χ3v) is 3.89. The molecule has 1 unspecified atom stereocenters. The highest BCUT2D eigenvalue weighted by Gasteiger charge is 2.25. The van der Waals surface area contributed by atoms with Crippen molar-refractivity contribution in [3.63, 3.8) is 0 Å². The fourth-order valence-corrected chi connectivity index (χ4v) is 2.99. The van der Waals surface area contributed by atoms with Crippen LogP contribution < -0.4 is 10.6 Å². The number of nitrogens with zero attached hydrogens (tertiary/aromatic N) is 1. The van der Waals surface area contributed by atoms with Crippen LogP contribution in [0.4, 0.5) is 17.1 Å². The van der Waals surface area contributed by atoms with Crippen LogP contribution in [0.15, 0.2) is 42.5 Å². The Hall–Kier alpha value is -2.49. The highest BCUT2D eigenvalue weighted by Crippen LogP contribution is 2.37. The van der Waals surface area contributed by atoms with Gasteiger partial charge in [-0.25, -0.2) is 4.79 Å². The van der Waals surface area contributed by atoms with Crippen molar-refractivity contribution in [2.75, 3.05) is 17.2 Å². The number of benzene rings is 2. The number of nitrogens with two attached hydrogens (primary N) is 1. The summed E-state index contributed by atoms with van der Waals surface area (Å²) in [5.41, 5.74) is 9.50. The first-order valence-corrected chi connectivity index (χ1v) is 7.04. The molecule has 108 valence electrons. The molecule has 4 nitrogen and oxygen atoms in total. The summed E-state index contributed by atoms with van der Waals surface area (Å²) in [6.07, 6.45) is 1.02. The van der Waals surface area contributed by atoms with Gasteiger partial charge in [0.05, 0.1) is 11.3 Å². The van der Waals surface area contributed by atoms with E-state index in [-0.39, 0.29) is 5.56 Å². The van der Waals surface area contributed by atoms with Crippen LogP contribution in [0, 0.1) is 5.92 Å². The number of nitrogen functional groups attached to an aromatic ring is 1. The average molecular weight is 282 g/mol. The first-order valence-electron chi connectivity index (χ1n) is 7.04. The standard InChI is InChI=1S/C17H18N2O2/c1-11-8-12-4-2-3-5-15(12)19(10-11)16-7-6-13(18)9-14(16)17(20)21/h2-7,9,11H,8,10,18H2,1H3,(H,20,21). The maximum atomic E-state index is 11.5. The molecule has 2 aromatic rings. The number of aromatic carboxylic acids is 1. The summed E-state index contributed by atoms with van der Waals surface area (Å²) in [6.45, 7) is 2.99. The zero-order valence-electron chi connectivity index (χ0n) is 11.9. The number of carboxylic acid groups (broad SMARTS) is 1. The largest absolute Gasteiger partial charge is 0.478 e. The molecule has 0 saturated carbocycles. The lowest BCUT2D eigenvalue weighted by Gasteiger charge is -2.35. The number of hydrogen-bond donors (Lipinski definition) is 2. The average Bonchev–Trinajstić information content (AvgIpc) is 2.46. The number of carboxylic acids is 1. The van der Waals surface area contributed by atoms with Gasteiger partial charge >= 0.3 is 5.97 Å². The molecule has 0 aromatic heterocycles. The molecular weight excluding hydrogens is 264 g/mol. The molecule has 1 heterocycles. The summed E-state index contributed by atoms with van der Waals surface area (Å²) in [5.74, 6) is -0.480. The number of hydrogen-bond acceptors (Lipinski definition) is 3. The first-order chi connectivity index (χ1) is 10.1. The summed E-state index contributed by atoms with van der Waals surface area (Å²) >= 11 is 0. The van der Waals surface area contributed by atoms with Gasteiger partial charge in [0.2, 0.25) is 0 Å². The van der Waals surface area contributed by atoms with E-state index in [2.05, 4.69) is 17.9 Å². The van der Waals surface area contributed by atoms with Crippen LogP contribution in [0.2, 0.25) is 0 Å². The van der Waals surface area contributed by atoms with Crippen LogP contribution in [0.1, 0.15) is 22.8 Å². The smallest absolute Gasteiger partial charge is 0.337 e. The maximum absolute atomic E-state index is 11.5. The zero-order chi connectivity index (χ0) is 15.0. The maximum Gasteiger partial charge on any atom is 0.337 e. The topological polar surface area (TPSA) is 66.6 Å². The molecule has 0 fully saturated rings. The van der Waals surface area contributed by atoms with Crippen molar-refractivity contribution >= 4 is 23.0 Å². The summed E-state index contributed by atoms with van der Waals surface area (Å²) in [5, 5.41) is 9.45. The number of fused-ring (bicyclic) bond motifs is 1. The van der Waals surface area contributed by atoms with Gasteiger partial charge in [-0.05, 0) is 42.2 Å². The van der Waals surface area contributed by atoms with Gasteiger partial charge in [0.1, 0.15) is 0 Å². The lowest BCUT2D eigenvalue weighted by molar-refractivity contribution is 0.0697. The minimum absolute atomic E-state index is 0.249. The number of carbonyl (C=O) groups is 1. The van der Waals surface area contributed by atoms with E-state index in [9.17, 15) is 9.90 Å². The van der Waals surface area contributed by atoms with Crippen molar-refractivity contribution in [3.8, 4) is 0 Å². The van der Waals surface area contributed by atoms with Gasteiger partial charge in [0.15, 0.2) is 0 Å². The number of anilines is 3. The van der Waals surface area contributed by atoms with E-state index < -0.39 is 5.97 Å². The Morgan fingerprint density at radius 2 is 2.00 bits per heavy atom. The van der Waals surface area contributed by atoms with Crippen LogP contribution in [0.5, 0.6) is 0 Å². The van der Waals surface area contributed by atoms with Crippen molar-refractivity contribution in [2.45, 2.75) is 13.3 Å². The molecule has 4 heteroatoms. The summed E-state index contributed by atoms with van der Waals surface area (Å²) in [7, 11) is 0. The summed E-state index contributed by atoms with van der Waals surface area (Å²) < 4.78 is 0. The Labute approximate surface area is 123 Å². The summed E-state index contributed by atoms with van der Waals surface area (Å²) in [4.78, 5) is 13.6. The highest BCUT2D eigenvalue weighted by molar-refractivity contribution is 5.97. The third-order valence-electron chi connectivity index (χ3n) is 3.89. The van der Waals surface area contributed by atoms with Gasteiger partial charge in [-0.15, -0.1) is 0 Å². The monoisotopic (exact) mass is 282 g/mol. The Kier molecular flexibility index (Phi) is 3.29. The van der Waals surface area contributed by atoms with Crippen molar-refractivity contribution < 1.29 is 9.90 Å². The minimum atomic E-state index is -0.951. The molecule has 3 rings (SSSR count). The van der Waals surface area contributed by atoms with E-state index >= 15 is 0 Å². The van der Waals surface area contributed by atoms with Gasteiger partial charge in [-0.2, -0.15) is 0 Å². The molecular formula is C17H18N2O2. The molecule has 0 spiro atoms. The SMILES string of the molecule is CC1Cc2ccccc2N(c2ccc(N)cc2C(=O)O)C1. The predicted octanol–water partition coefficient (Wildman–Crippen LogP) is 3.30. The van der Waals surface area contributed by atoms with Crippen molar-refractivity contribution in [3.05, 3.63) is 53.6 Å². The van der Waals surface area contributed by atoms with Crippen LogP contribution >= 0.6 is 0 Å². The Balaban J connectivity index is 2.15. The quantitative estimate of drug-likeness (QED) is 0.829. The molecule has 0 radical (unpaired) electrons. The fraction of sp³-hybridized carbons (Fsp3) is 0.235. The summed E-state index contributed by atoms with van der Waals surface area (Å²) in [6, 6.07) is 13.2. The molecule has 0 bridgehead atoms.